The van der Waals surface area contributed by atoms with E-state index in [4.69, 9.17) is 5.73 Å². The number of pyridine rings is 1. The number of fused-ring (bicyclic) bond motifs is 1. The molecule has 1 saturated carbocycles. The molecule has 0 aliphatic heterocycles. The fourth-order valence-electron chi connectivity index (χ4n) is 3.08. The maximum absolute atomic E-state index is 12.8. The van der Waals surface area contributed by atoms with Crippen LogP contribution < -0.4 is 11.3 Å². The van der Waals surface area contributed by atoms with E-state index in [0.29, 0.717) is 16.4 Å². The molecule has 2 heterocycles. The standard InChI is InChI=1S/C15H18N4O2S/c1-22-15-17-8-10-6-9(7-12(16)20)14(21)19(13(10)18-15)11-4-2-3-5-11/h6,8,11H,2-5,7H2,1H3,(H2,16,20). The molecule has 0 atom stereocenters. The van der Waals surface area contributed by atoms with Crippen LogP contribution in [0, 0.1) is 0 Å². The first-order valence-corrected chi connectivity index (χ1v) is 8.56. The molecule has 22 heavy (non-hydrogen) atoms. The van der Waals surface area contributed by atoms with E-state index in [0.717, 1.165) is 31.1 Å². The second-order valence-corrected chi connectivity index (χ2v) is 6.34. The molecule has 2 aromatic rings. The summed E-state index contributed by atoms with van der Waals surface area (Å²) in [6.45, 7) is 0. The van der Waals surface area contributed by atoms with Crippen LogP contribution in [0.5, 0.6) is 0 Å². The normalized spacial score (nSPS) is 15.5. The minimum atomic E-state index is -0.504. The topological polar surface area (TPSA) is 90.9 Å². The van der Waals surface area contributed by atoms with E-state index in [9.17, 15) is 9.59 Å². The third-order valence-corrected chi connectivity index (χ3v) is 4.62. The zero-order valence-electron chi connectivity index (χ0n) is 12.4. The summed E-state index contributed by atoms with van der Waals surface area (Å²) < 4.78 is 1.75. The molecular formula is C15H18N4O2S. The number of amides is 1. The minimum Gasteiger partial charge on any atom is -0.369 e. The molecule has 1 amide bonds. The summed E-state index contributed by atoms with van der Waals surface area (Å²) in [5.41, 5.74) is 6.20. The molecule has 1 aliphatic rings. The highest BCUT2D eigenvalue weighted by molar-refractivity contribution is 7.98. The molecule has 0 aromatic carbocycles. The number of carbonyl (C=O) groups is 1. The van der Waals surface area contributed by atoms with E-state index in [2.05, 4.69) is 9.97 Å². The van der Waals surface area contributed by atoms with Gasteiger partial charge in [-0.1, -0.05) is 24.6 Å². The second-order valence-electron chi connectivity index (χ2n) is 5.56. The van der Waals surface area contributed by atoms with Crippen LogP contribution in [-0.2, 0) is 11.2 Å². The highest BCUT2D eigenvalue weighted by Crippen LogP contribution is 2.30. The second kappa shape index (κ2) is 6.08. The van der Waals surface area contributed by atoms with Crippen molar-refractivity contribution >= 4 is 28.7 Å². The van der Waals surface area contributed by atoms with Gasteiger partial charge >= 0.3 is 0 Å². The van der Waals surface area contributed by atoms with Crippen molar-refractivity contribution in [1.29, 1.82) is 0 Å². The summed E-state index contributed by atoms with van der Waals surface area (Å²) in [6.07, 6.45) is 7.72. The molecule has 6 nitrogen and oxygen atoms in total. The summed E-state index contributed by atoms with van der Waals surface area (Å²) in [4.78, 5) is 32.8. The van der Waals surface area contributed by atoms with Gasteiger partial charge in [0.05, 0.1) is 6.42 Å². The van der Waals surface area contributed by atoms with E-state index in [1.165, 1.54) is 11.8 Å². The number of hydrogen-bond donors (Lipinski definition) is 1. The molecule has 0 unspecified atom stereocenters. The number of thioether (sulfide) groups is 1. The quantitative estimate of drug-likeness (QED) is 0.684. The zero-order chi connectivity index (χ0) is 15.7. The van der Waals surface area contributed by atoms with Gasteiger partial charge in [-0.2, -0.15) is 0 Å². The van der Waals surface area contributed by atoms with Crippen LogP contribution in [-0.4, -0.2) is 26.7 Å². The average Bonchev–Trinajstić information content (AvgIpc) is 3.01. The van der Waals surface area contributed by atoms with Crippen molar-refractivity contribution in [3.63, 3.8) is 0 Å². The Bertz CT molecular complexity index is 781. The molecular weight excluding hydrogens is 300 g/mol. The van der Waals surface area contributed by atoms with Crippen molar-refractivity contribution in [3.8, 4) is 0 Å². The van der Waals surface area contributed by atoms with Gasteiger partial charge in [0.1, 0.15) is 5.65 Å². The van der Waals surface area contributed by atoms with Crippen molar-refractivity contribution in [1.82, 2.24) is 14.5 Å². The molecule has 2 N–H and O–H groups in total. The van der Waals surface area contributed by atoms with E-state index in [1.54, 1.807) is 16.8 Å². The van der Waals surface area contributed by atoms with Crippen LogP contribution in [0.2, 0.25) is 0 Å². The van der Waals surface area contributed by atoms with Gasteiger partial charge in [0, 0.05) is 23.2 Å². The Morgan fingerprint density at radius 2 is 2.18 bits per heavy atom. The molecule has 116 valence electrons. The molecule has 0 saturated heterocycles. The Hall–Kier alpha value is -1.89. The van der Waals surface area contributed by atoms with Gasteiger partial charge in [-0.3, -0.25) is 14.2 Å². The van der Waals surface area contributed by atoms with E-state index in [1.807, 2.05) is 6.26 Å². The van der Waals surface area contributed by atoms with Crippen molar-refractivity contribution in [2.24, 2.45) is 5.73 Å². The predicted molar refractivity (Wildman–Crippen MR) is 86.0 cm³/mol. The third kappa shape index (κ3) is 2.72. The van der Waals surface area contributed by atoms with Crippen LogP contribution in [0.1, 0.15) is 37.3 Å². The molecule has 3 rings (SSSR count). The maximum Gasteiger partial charge on any atom is 0.256 e. The maximum atomic E-state index is 12.8. The lowest BCUT2D eigenvalue weighted by atomic mass is 10.1. The van der Waals surface area contributed by atoms with Crippen molar-refractivity contribution in [3.05, 3.63) is 28.2 Å². The predicted octanol–water partition coefficient (Wildman–Crippen LogP) is 1.66. The number of nitrogens with zero attached hydrogens (tertiary/aromatic N) is 3. The fourth-order valence-corrected chi connectivity index (χ4v) is 3.41. The fraction of sp³-hybridized carbons (Fsp3) is 0.467. The molecule has 7 heteroatoms. The summed E-state index contributed by atoms with van der Waals surface area (Å²) in [5, 5.41) is 1.42. The van der Waals surface area contributed by atoms with E-state index >= 15 is 0 Å². The Balaban J connectivity index is 2.26. The Kier molecular flexibility index (Phi) is 4.15. The highest BCUT2D eigenvalue weighted by Gasteiger charge is 2.23. The molecule has 0 bridgehead atoms. The lowest BCUT2D eigenvalue weighted by Crippen LogP contribution is -2.30. The van der Waals surface area contributed by atoms with E-state index < -0.39 is 5.91 Å². The first kappa shape index (κ1) is 15.0. The van der Waals surface area contributed by atoms with Crippen LogP contribution in [0.15, 0.2) is 22.2 Å². The number of hydrogen-bond acceptors (Lipinski definition) is 5. The first-order chi connectivity index (χ1) is 10.6. The lowest BCUT2D eigenvalue weighted by Gasteiger charge is -2.17. The monoisotopic (exact) mass is 318 g/mol. The summed E-state index contributed by atoms with van der Waals surface area (Å²) in [5.74, 6) is -0.504. The smallest absolute Gasteiger partial charge is 0.256 e. The number of aromatic nitrogens is 3. The van der Waals surface area contributed by atoms with Gasteiger partial charge in [0.15, 0.2) is 5.16 Å². The Morgan fingerprint density at radius 3 is 2.82 bits per heavy atom. The summed E-state index contributed by atoms with van der Waals surface area (Å²) >= 11 is 1.44. The summed E-state index contributed by atoms with van der Waals surface area (Å²) in [6, 6.07) is 1.84. The van der Waals surface area contributed by atoms with Gasteiger partial charge in [-0.25, -0.2) is 9.97 Å². The molecule has 1 fully saturated rings. The number of rotatable bonds is 4. The largest absolute Gasteiger partial charge is 0.369 e. The highest BCUT2D eigenvalue weighted by atomic mass is 32.2. The Labute approximate surface area is 132 Å². The Morgan fingerprint density at radius 1 is 1.45 bits per heavy atom. The summed E-state index contributed by atoms with van der Waals surface area (Å²) in [7, 11) is 0. The number of primary amides is 1. The van der Waals surface area contributed by atoms with Crippen molar-refractivity contribution < 1.29 is 4.79 Å². The van der Waals surface area contributed by atoms with Gasteiger partial charge in [-0.15, -0.1) is 0 Å². The van der Waals surface area contributed by atoms with Gasteiger partial charge in [0.25, 0.3) is 5.56 Å². The average molecular weight is 318 g/mol. The van der Waals surface area contributed by atoms with Crippen molar-refractivity contribution in [2.45, 2.75) is 43.3 Å². The van der Waals surface area contributed by atoms with Gasteiger partial charge in [-0.05, 0) is 25.2 Å². The first-order valence-electron chi connectivity index (χ1n) is 7.33. The van der Waals surface area contributed by atoms with Crippen LogP contribution >= 0.6 is 11.8 Å². The number of carbonyl (C=O) groups excluding carboxylic acids is 1. The van der Waals surface area contributed by atoms with Crippen LogP contribution in [0.4, 0.5) is 0 Å². The minimum absolute atomic E-state index is 0.0498. The van der Waals surface area contributed by atoms with Crippen molar-refractivity contribution in [2.75, 3.05) is 6.26 Å². The third-order valence-electron chi connectivity index (χ3n) is 4.06. The zero-order valence-corrected chi connectivity index (χ0v) is 13.2. The molecule has 2 aromatic heterocycles. The molecule has 0 spiro atoms. The van der Waals surface area contributed by atoms with Crippen LogP contribution in [0.3, 0.4) is 0 Å². The molecule has 0 radical (unpaired) electrons. The van der Waals surface area contributed by atoms with Gasteiger partial charge < -0.3 is 5.73 Å². The molecule has 1 aliphatic carbocycles. The van der Waals surface area contributed by atoms with Gasteiger partial charge in [0.2, 0.25) is 5.91 Å². The SMILES string of the molecule is CSc1ncc2cc(CC(N)=O)c(=O)n(C3CCCC3)c2n1. The number of nitrogens with two attached hydrogens (primary N) is 1. The van der Waals surface area contributed by atoms with E-state index in [-0.39, 0.29) is 18.0 Å². The van der Waals surface area contributed by atoms with Crippen LogP contribution in [0.25, 0.3) is 11.0 Å². The lowest BCUT2D eigenvalue weighted by molar-refractivity contribution is -0.117.